The highest BCUT2D eigenvalue weighted by molar-refractivity contribution is 5.97. The molecule has 2 rings (SSSR count). The zero-order chi connectivity index (χ0) is 18.2. The molecule has 0 unspecified atom stereocenters. The van der Waals surface area contributed by atoms with Gasteiger partial charge in [-0.05, 0) is 50.3 Å². The van der Waals surface area contributed by atoms with Gasteiger partial charge in [-0.25, -0.2) is 0 Å². The number of amides is 2. The maximum Gasteiger partial charge on any atom is 0.303 e. The van der Waals surface area contributed by atoms with Crippen molar-refractivity contribution in [2.75, 3.05) is 11.9 Å². The fourth-order valence-corrected chi connectivity index (χ4v) is 2.91. The number of benzene rings is 1. The number of hydrogen-bond acceptors (Lipinski definition) is 4. The van der Waals surface area contributed by atoms with E-state index in [0.29, 0.717) is 24.2 Å². The number of rotatable bonds is 7. The lowest BCUT2D eigenvalue weighted by Gasteiger charge is -2.25. The Bertz CT molecular complexity index is 631. The number of anilines is 1. The number of halogens is 1. The van der Waals surface area contributed by atoms with Gasteiger partial charge in [0.1, 0.15) is 0 Å². The molecule has 0 aliphatic heterocycles. The third-order valence-corrected chi connectivity index (χ3v) is 4.39. The van der Waals surface area contributed by atoms with Crippen molar-refractivity contribution in [3.63, 3.8) is 0 Å². The van der Waals surface area contributed by atoms with Crippen molar-refractivity contribution in [2.24, 2.45) is 11.7 Å². The van der Waals surface area contributed by atoms with Crippen molar-refractivity contribution in [3.05, 3.63) is 29.8 Å². The SMILES string of the molecule is Cl.NC1CCC(C(=O)Nc2cccc(C(=O)NCCCC(=O)O)c2)CC1. The van der Waals surface area contributed by atoms with E-state index in [2.05, 4.69) is 10.6 Å². The Kier molecular flexibility index (Phi) is 9.09. The molecule has 0 bridgehead atoms. The van der Waals surface area contributed by atoms with E-state index in [9.17, 15) is 14.4 Å². The predicted octanol–water partition coefficient (Wildman–Crippen LogP) is 2.16. The molecular weight excluding hydrogens is 358 g/mol. The molecule has 1 fully saturated rings. The van der Waals surface area contributed by atoms with Crippen molar-refractivity contribution in [2.45, 2.75) is 44.6 Å². The highest BCUT2D eigenvalue weighted by Crippen LogP contribution is 2.24. The van der Waals surface area contributed by atoms with E-state index < -0.39 is 5.97 Å². The number of hydrogen-bond donors (Lipinski definition) is 4. The first-order valence-corrected chi connectivity index (χ1v) is 8.62. The van der Waals surface area contributed by atoms with Crippen LogP contribution < -0.4 is 16.4 Å². The Morgan fingerprint density at radius 3 is 2.50 bits per heavy atom. The molecule has 5 N–H and O–H groups in total. The molecule has 1 aliphatic rings. The lowest BCUT2D eigenvalue weighted by molar-refractivity contribution is -0.137. The molecule has 1 aromatic carbocycles. The third kappa shape index (κ3) is 7.01. The number of nitrogens with one attached hydrogen (secondary N) is 2. The van der Waals surface area contributed by atoms with Crippen molar-refractivity contribution in [1.82, 2.24) is 5.32 Å². The summed E-state index contributed by atoms with van der Waals surface area (Å²) in [5.74, 6) is -1.24. The van der Waals surface area contributed by atoms with Crippen LogP contribution in [0.2, 0.25) is 0 Å². The lowest BCUT2D eigenvalue weighted by atomic mass is 9.86. The molecule has 1 aliphatic carbocycles. The summed E-state index contributed by atoms with van der Waals surface area (Å²) in [7, 11) is 0. The number of aliphatic carboxylic acids is 1. The van der Waals surface area contributed by atoms with Gasteiger partial charge < -0.3 is 21.5 Å². The topological polar surface area (TPSA) is 122 Å². The average molecular weight is 384 g/mol. The molecule has 2 amide bonds. The molecule has 0 atom stereocenters. The van der Waals surface area contributed by atoms with E-state index in [0.717, 1.165) is 25.7 Å². The van der Waals surface area contributed by atoms with E-state index in [-0.39, 0.29) is 42.6 Å². The third-order valence-electron chi connectivity index (χ3n) is 4.39. The number of carboxylic acids is 1. The molecular formula is C18H26ClN3O4. The molecule has 0 heterocycles. The summed E-state index contributed by atoms with van der Waals surface area (Å²) < 4.78 is 0. The number of carbonyl (C=O) groups excluding carboxylic acids is 2. The number of carboxylic acid groups (broad SMARTS) is 1. The molecule has 1 aromatic rings. The van der Waals surface area contributed by atoms with Crippen LogP contribution in [0.1, 0.15) is 48.9 Å². The van der Waals surface area contributed by atoms with Crippen LogP contribution in [0.4, 0.5) is 5.69 Å². The minimum Gasteiger partial charge on any atom is -0.481 e. The second-order valence-corrected chi connectivity index (χ2v) is 6.43. The van der Waals surface area contributed by atoms with Gasteiger partial charge in [0.15, 0.2) is 0 Å². The Balaban J connectivity index is 0.00000338. The largest absolute Gasteiger partial charge is 0.481 e. The molecule has 1 saturated carbocycles. The summed E-state index contributed by atoms with van der Waals surface area (Å²) in [4.78, 5) is 34.9. The quantitative estimate of drug-likeness (QED) is 0.537. The Morgan fingerprint density at radius 2 is 1.85 bits per heavy atom. The zero-order valence-corrected chi connectivity index (χ0v) is 15.4. The molecule has 0 saturated heterocycles. The van der Waals surface area contributed by atoms with Gasteiger partial charge >= 0.3 is 5.97 Å². The van der Waals surface area contributed by atoms with Crippen LogP contribution >= 0.6 is 12.4 Å². The summed E-state index contributed by atoms with van der Waals surface area (Å²) in [6, 6.07) is 6.92. The molecule has 26 heavy (non-hydrogen) atoms. The molecule has 0 radical (unpaired) electrons. The van der Waals surface area contributed by atoms with Gasteiger partial charge in [-0.1, -0.05) is 6.07 Å². The molecule has 0 spiro atoms. The predicted molar refractivity (Wildman–Crippen MR) is 101 cm³/mol. The molecule has 0 aromatic heterocycles. The van der Waals surface area contributed by atoms with Crippen LogP contribution in [0.5, 0.6) is 0 Å². The monoisotopic (exact) mass is 383 g/mol. The second kappa shape index (κ2) is 10.8. The fraction of sp³-hybridized carbons (Fsp3) is 0.500. The van der Waals surface area contributed by atoms with Gasteiger partial charge in [0.05, 0.1) is 0 Å². The summed E-state index contributed by atoms with van der Waals surface area (Å²) in [6.07, 6.45) is 3.68. The number of nitrogens with two attached hydrogens (primary N) is 1. The maximum atomic E-state index is 12.3. The van der Waals surface area contributed by atoms with Gasteiger partial charge in [0, 0.05) is 36.2 Å². The second-order valence-electron chi connectivity index (χ2n) is 6.43. The summed E-state index contributed by atoms with van der Waals surface area (Å²) in [6.45, 7) is 0.296. The van der Waals surface area contributed by atoms with Gasteiger partial charge in [0.2, 0.25) is 5.91 Å². The number of carbonyl (C=O) groups is 3. The van der Waals surface area contributed by atoms with Gasteiger partial charge in [-0.2, -0.15) is 0 Å². The smallest absolute Gasteiger partial charge is 0.303 e. The average Bonchev–Trinajstić information content (AvgIpc) is 2.59. The first-order chi connectivity index (χ1) is 12.0. The maximum absolute atomic E-state index is 12.3. The van der Waals surface area contributed by atoms with Crippen LogP contribution in [0.25, 0.3) is 0 Å². The first kappa shape index (κ1) is 21.9. The molecule has 7 nitrogen and oxygen atoms in total. The first-order valence-electron chi connectivity index (χ1n) is 8.62. The summed E-state index contributed by atoms with van der Waals surface area (Å²) in [5, 5.41) is 14.1. The zero-order valence-electron chi connectivity index (χ0n) is 14.6. The lowest BCUT2D eigenvalue weighted by Crippen LogP contribution is -2.32. The van der Waals surface area contributed by atoms with E-state index in [1.54, 1.807) is 24.3 Å². The fourth-order valence-electron chi connectivity index (χ4n) is 2.91. The summed E-state index contributed by atoms with van der Waals surface area (Å²) >= 11 is 0. The van der Waals surface area contributed by atoms with Gasteiger partial charge in [-0.3, -0.25) is 14.4 Å². The highest BCUT2D eigenvalue weighted by Gasteiger charge is 2.24. The van der Waals surface area contributed by atoms with Gasteiger partial charge in [0.25, 0.3) is 5.91 Å². The van der Waals surface area contributed by atoms with Gasteiger partial charge in [-0.15, -0.1) is 12.4 Å². The Morgan fingerprint density at radius 1 is 1.15 bits per heavy atom. The molecule has 8 heteroatoms. The van der Waals surface area contributed by atoms with E-state index in [1.807, 2.05) is 0 Å². The molecule has 144 valence electrons. The van der Waals surface area contributed by atoms with Crippen LogP contribution in [0.3, 0.4) is 0 Å². The van der Waals surface area contributed by atoms with Crippen LogP contribution in [0.15, 0.2) is 24.3 Å². The van der Waals surface area contributed by atoms with Crippen molar-refractivity contribution in [3.8, 4) is 0 Å². The van der Waals surface area contributed by atoms with Crippen LogP contribution in [-0.2, 0) is 9.59 Å². The van der Waals surface area contributed by atoms with E-state index in [4.69, 9.17) is 10.8 Å². The van der Waals surface area contributed by atoms with Crippen LogP contribution in [-0.4, -0.2) is 35.5 Å². The standard InChI is InChI=1S/C18H25N3O4.ClH/c19-14-8-6-12(7-9-14)18(25)21-15-4-1-3-13(11-15)17(24)20-10-2-5-16(22)23;/h1,3-4,11-12,14H,2,5-10,19H2,(H,20,24)(H,21,25)(H,22,23);1H. The van der Waals surface area contributed by atoms with Crippen molar-refractivity contribution in [1.29, 1.82) is 0 Å². The minimum atomic E-state index is -0.886. The Labute approximate surface area is 159 Å². The van der Waals surface area contributed by atoms with Crippen molar-refractivity contribution < 1.29 is 19.5 Å². The van der Waals surface area contributed by atoms with E-state index in [1.165, 1.54) is 0 Å². The van der Waals surface area contributed by atoms with Crippen LogP contribution in [0, 0.1) is 5.92 Å². The van der Waals surface area contributed by atoms with Crippen molar-refractivity contribution >= 4 is 35.9 Å². The normalized spacial score (nSPS) is 19.1. The highest BCUT2D eigenvalue weighted by atomic mass is 35.5. The minimum absolute atomic E-state index is 0. The Hall–Kier alpha value is -2.12. The van der Waals surface area contributed by atoms with E-state index >= 15 is 0 Å². The summed E-state index contributed by atoms with van der Waals surface area (Å²) in [5.41, 5.74) is 6.87.